The maximum Gasteiger partial charge on any atom is 0.274 e. The topological polar surface area (TPSA) is 99.2 Å². The maximum absolute atomic E-state index is 13.6. The van der Waals surface area contributed by atoms with Gasteiger partial charge in [-0.15, -0.1) is 0 Å². The minimum Gasteiger partial charge on any atom is -0.370 e. The molecule has 0 unspecified atom stereocenters. The summed E-state index contributed by atoms with van der Waals surface area (Å²) in [6.07, 6.45) is 1.70. The van der Waals surface area contributed by atoms with Gasteiger partial charge in [-0.2, -0.15) is 13.7 Å². The third kappa shape index (κ3) is 4.14. The molecule has 1 atom stereocenters. The fourth-order valence-electron chi connectivity index (χ4n) is 2.57. The summed E-state index contributed by atoms with van der Waals surface area (Å²) in [6.45, 7) is 1.51. The van der Waals surface area contributed by atoms with Crippen LogP contribution < -0.4 is 14.8 Å². The van der Waals surface area contributed by atoms with Crippen molar-refractivity contribution in [1.82, 2.24) is 4.72 Å². The van der Waals surface area contributed by atoms with E-state index in [-0.39, 0.29) is 18.0 Å². The van der Waals surface area contributed by atoms with E-state index in [9.17, 15) is 12.8 Å². The molecule has 0 aromatic heterocycles. The fourth-order valence-corrected chi connectivity index (χ4v) is 3.04. The van der Waals surface area contributed by atoms with E-state index < -0.39 is 16.0 Å². The van der Waals surface area contributed by atoms with Crippen LogP contribution in [-0.2, 0) is 10.2 Å². The number of halogens is 1. The van der Waals surface area contributed by atoms with Crippen molar-refractivity contribution in [3.05, 3.63) is 29.6 Å². The predicted octanol–water partition coefficient (Wildman–Crippen LogP) is 0.707. The third-order valence-corrected chi connectivity index (χ3v) is 4.11. The molecule has 1 aromatic rings. The van der Waals surface area contributed by atoms with E-state index in [0.717, 1.165) is 12.8 Å². The van der Waals surface area contributed by atoms with Crippen LogP contribution in [0.2, 0.25) is 0 Å². The molecule has 3 N–H and O–H groups in total. The van der Waals surface area contributed by atoms with Crippen LogP contribution in [0.1, 0.15) is 18.4 Å². The lowest BCUT2D eigenvalue weighted by atomic mass is 9.97. The maximum atomic E-state index is 13.6. The number of anilines is 1. The highest BCUT2D eigenvalue weighted by molar-refractivity contribution is 7.87. The Hall–Kier alpha value is -1.69. The summed E-state index contributed by atoms with van der Waals surface area (Å²) in [5, 5.41) is 14.0. The zero-order chi connectivity index (χ0) is 15.5. The highest BCUT2D eigenvalue weighted by Gasteiger charge is 2.23. The van der Waals surface area contributed by atoms with Crippen LogP contribution in [0.4, 0.5) is 10.1 Å². The lowest BCUT2D eigenvalue weighted by Crippen LogP contribution is -2.42. The van der Waals surface area contributed by atoms with E-state index in [1.807, 2.05) is 11.0 Å². The molecule has 1 aliphatic heterocycles. The summed E-state index contributed by atoms with van der Waals surface area (Å²) >= 11 is 0. The Morgan fingerprint density at radius 1 is 1.52 bits per heavy atom. The number of piperidine rings is 1. The lowest BCUT2D eigenvalue weighted by Gasteiger charge is -2.34. The van der Waals surface area contributed by atoms with Gasteiger partial charge in [0.2, 0.25) is 0 Å². The number of nitrogens with two attached hydrogens (primary N) is 1. The zero-order valence-corrected chi connectivity index (χ0v) is 12.2. The molecule has 1 heterocycles. The summed E-state index contributed by atoms with van der Waals surface area (Å²) in [5.74, 6) is -0.466. The van der Waals surface area contributed by atoms with Gasteiger partial charge in [-0.3, -0.25) is 0 Å². The number of nitriles is 1. The molecule has 6 nitrogen and oxygen atoms in total. The molecular weight excluding hydrogens is 295 g/mol. The Labute approximate surface area is 123 Å². The number of benzene rings is 1. The molecule has 0 bridgehead atoms. The van der Waals surface area contributed by atoms with Gasteiger partial charge >= 0.3 is 0 Å². The van der Waals surface area contributed by atoms with Gasteiger partial charge in [0.25, 0.3) is 10.2 Å². The number of nitrogens with zero attached hydrogens (tertiary/aromatic N) is 2. The first-order valence-electron chi connectivity index (χ1n) is 6.61. The number of hydrogen-bond donors (Lipinski definition) is 2. The van der Waals surface area contributed by atoms with Crippen LogP contribution in [0.25, 0.3) is 0 Å². The summed E-state index contributed by atoms with van der Waals surface area (Å²) in [7, 11) is -3.71. The van der Waals surface area contributed by atoms with Crippen molar-refractivity contribution in [3.63, 3.8) is 0 Å². The molecule has 1 aromatic carbocycles. The molecule has 1 fully saturated rings. The van der Waals surface area contributed by atoms with Crippen LogP contribution in [0.15, 0.2) is 18.2 Å². The second kappa shape index (κ2) is 6.39. The largest absolute Gasteiger partial charge is 0.370 e. The fraction of sp³-hybridized carbons (Fsp3) is 0.462. The monoisotopic (exact) mass is 312 g/mol. The summed E-state index contributed by atoms with van der Waals surface area (Å²) in [5.41, 5.74) is 0.579. The lowest BCUT2D eigenvalue weighted by molar-refractivity contribution is 0.410. The van der Waals surface area contributed by atoms with E-state index in [2.05, 4.69) is 4.72 Å². The minimum atomic E-state index is -3.71. The molecule has 0 saturated carbocycles. The molecular formula is C13H17FN4O2S. The Morgan fingerprint density at radius 2 is 2.29 bits per heavy atom. The molecule has 1 saturated heterocycles. The van der Waals surface area contributed by atoms with Gasteiger partial charge in [0, 0.05) is 19.6 Å². The highest BCUT2D eigenvalue weighted by Crippen LogP contribution is 2.27. The third-order valence-electron chi connectivity index (χ3n) is 3.54. The summed E-state index contributed by atoms with van der Waals surface area (Å²) < 4.78 is 37.8. The van der Waals surface area contributed by atoms with E-state index >= 15 is 0 Å². The van der Waals surface area contributed by atoms with E-state index in [4.69, 9.17) is 10.4 Å². The molecule has 0 aliphatic carbocycles. The molecule has 8 heteroatoms. The normalized spacial score (nSPS) is 19.3. The van der Waals surface area contributed by atoms with Crippen LogP contribution in [0.3, 0.4) is 0 Å². The Balaban J connectivity index is 2.11. The van der Waals surface area contributed by atoms with Gasteiger partial charge in [0.15, 0.2) is 0 Å². The van der Waals surface area contributed by atoms with Crippen LogP contribution in [0, 0.1) is 23.1 Å². The van der Waals surface area contributed by atoms with Crippen molar-refractivity contribution >= 4 is 15.9 Å². The van der Waals surface area contributed by atoms with E-state index in [1.165, 1.54) is 6.07 Å². The predicted molar refractivity (Wildman–Crippen MR) is 77.2 cm³/mol. The van der Waals surface area contributed by atoms with Crippen molar-refractivity contribution in [3.8, 4) is 6.07 Å². The second-order valence-electron chi connectivity index (χ2n) is 5.09. The first-order valence-corrected chi connectivity index (χ1v) is 8.16. The first-order chi connectivity index (χ1) is 9.90. The Kier molecular flexibility index (Phi) is 4.77. The van der Waals surface area contributed by atoms with Crippen LogP contribution in [0.5, 0.6) is 0 Å². The Morgan fingerprint density at radius 3 is 2.95 bits per heavy atom. The van der Waals surface area contributed by atoms with Gasteiger partial charge < -0.3 is 4.90 Å². The van der Waals surface area contributed by atoms with E-state index in [0.29, 0.717) is 18.8 Å². The summed E-state index contributed by atoms with van der Waals surface area (Å²) in [6, 6.07) is 6.41. The number of rotatable bonds is 4. The summed E-state index contributed by atoms with van der Waals surface area (Å²) in [4.78, 5) is 1.92. The number of nitrogens with one attached hydrogen (secondary N) is 1. The van der Waals surface area contributed by atoms with Crippen molar-refractivity contribution in [1.29, 1.82) is 5.26 Å². The second-order valence-corrected chi connectivity index (χ2v) is 6.47. The molecule has 21 heavy (non-hydrogen) atoms. The Bertz CT molecular complexity index is 657. The van der Waals surface area contributed by atoms with Crippen LogP contribution >= 0.6 is 0 Å². The smallest absolute Gasteiger partial charge is 0.274 e. The average molecular weight is 312 g/mol. The van der Waals surface area contributed by atoms with Crippen molar-refractivity contribution in [2.45, 2.75) is 12.8 Å². The average Bonchev–Trinajstić information content (AvgIpc) is 2.44. The molecule has 114 valence electrons. The van der Waals surface area contributed by atoms with Crippen molar-refractivity contribution < 1.29 is 12.8 Å². The molecule has 0 spiro atoms. The molecule has 2 rings (SSSR count). The van der Waals surface area contributed by atoms with Gasteiger partial charge in [-0.25, -0.2) is 14.3 Å². The zero-order valence-electron chi connectivity index (χ0n) is 11.4. The van der Waals surface area contributed by atoms with Crippen molar-refractivity contribution in [2.75, 3.05) is 24.5 Å². The van der Waals surface area contributed by atoms with Gasteiger partial charge in [-0.1, -0.05) is 6.07 Å². The molecule has 0 amide bonds. The molecule has 0 radical (unpaired) electrons. The first kappa shape index (κ1) is 15.7. The van der Waals surface area contributed by atoms with Crippen LogP contribution in [-0.4, -0.2) is 28.1 Å². The van der Waals surface area contributed by atoms with Crippen molar-refractivity contribution in [2.24, 2.45) is 11.1 Å². The standard InChI is InChI=1S/C13H17FN4O2S/c14-12-4-1-5-13(11(12)7-15)18-6-2-3-10(9-18)8-17-21(16,19)20/h1,4-5,10,17H,2-3,6,8-9H2,(H2,16,19,20)/t10-/m1/s1. The van der Waals surface area contributed by atoms with Gasteiger partial charge in [0.05, 0.1) is 5.69 Å². The molecule has 1 aliphatic rings. The quantitative estimate of drug-likeness (QED) is 0.855. The highest BCUT2D eigenvalue weighted by atomic mass is 32.2. The van der Waals surface area contributed by atoms with Gasteiger partial charge in [0.1, 0.15) is 17.4 Å². The SMILES string of the molecule is N#Cc1c(F)cccc1N1CCC[C@H](CNS(N)(=O)=O)C1. The minimum absolute atomic E-state index is 0.0255. The van der Waals surface area contributed by atoms with E-state index in [1.54, 1.807) is 12.1 Å². The number of hydrogen-bond acceptors (Lipinski definition) is 4. The van der Waals surface area contributed by atoms with Gasteiger partial charge in [-0.05, 0) is 30.9 Å².